The number of ether oxygens (including phenoxy) is 1. The topological polar surface area (TPSA) is 90.4 Å². The van der Waals surface area contributed by atoms with Crippen molar-refractivity contribution in [3.8, 4) is 0 Å². The number of anilines is 1. The first kappa shape index (κ1) is 33.0. The van der Waals surface area contributed by atoms with E-state index < -0.39 is 17.5 Å². The molecule has 236 valence electrons. The first-order chi connectivity index (χ1) is 20.8. The van der Waals surface area contributed by atoms with Gasteiger partial charge in [-0.05, 0) is 64.3 Å². The van der Waals surface area contributed by atoms with E-state index in [0.29, 0.717) is 53.1 Å². The minimum atomic E-state index is -0.750. The average Bonchev–Trinajstić information content (AvgIpc) is 2.95. The Kier molecular flexibility index (Phi) is 10.0. The van der Waals surface area contributed by atoms with Gasteiger partial charge in [0.2, 0.25) is 6.41 Å². The summed E-state index contributed by atoms with van der Waals surface area (Å²) in [6, 6.07) is 7.32. The molecule has 2 amide bonds. The van der Waals surface area contributed by atoms with Crippen molar-refractivity contribution < 1.29 is 18.7 Å². The van der Waals surface area contributed by atoms with E-state index in [1.807, 2.05) is 54.5 Å². The van der Waals surface area contributed by atoms with Crippen LogP contribution in [-0.4, -0.2) is 71.4 Å². The van der Waals surface area contributed by atoms with Gasteiger partial charge < -0.3 is 19.9 Å². The van der Waals surface area contributed by atoms with Crippen LogP contribution in [0.25, 0.3) is 0 Å². The number of nitrogens with zero attached hydrogens (tertiary/aromatic N) is 5. The van der Waals surface area contributed by atoms with Gasteiger partial charge in [0.15, 0.2) is 0 Å². The van der Waals surface area contributed by atoms with Crippen LogP contribution in [0, 0.1) is 12.7 Å². The lowest BCUT2D eigenvalue weighted by Crippen LogP contribution is -2.57. The van der Waals surface area contributed by atoms with Gasteiger partial charge in [0.25, 0.3) is 0 Å². The largest absolute Gasteiger partial charge is 0.444 e. The van der Waals surface area contributed by atoms with Crippen molar-refractivity contribution in [3.63, 3.8) is 0 Å². The van der Waals surface area contributed by atoms with Gasteiger partial charge in [-0.3, -0.25) is 19.7 Å². The Bertz CT molecular complexity index is 1500. The average molecular weight is 625 g/mol. The van der Waals surface area contributed by atoms with E-state index in [1.54, 1.807) is 42.4 Å². The van der Waals surface area contributed by atoms with E-state index in [9.17, 15) is 9.59 Å². The molecule has 0 bridgehead atoms. The van der Waals surface area contributed by atoms with Crippen molar-refractivity contribution in [3.05, 3.63) is 81.7 Å². The van der Waals surface area contributed by atoms with E-state index in [1.165, 1.54) is 11.0 Å². The van der Waals surface area contributed by atoms with Crippen LogP contribution in [0.4, 0.5) is 14.9 Å². The van der Waals surface area contributed by atoms with Crippen LogP contribution >= 0.6 is 11.6 Å². The Hall–Kier alpha value is -3.92. The molecule has 1 saturated heterocycles. The third kappa shape index (κ3) is 6.90. The molecule has 9 nitrogen and oxygen atoms in total. The second kappa shape index (κ2) is 13.4. The standard InChI is InChI=1S/C33H42ClFN6O3/c1-20(2)27-29(21(3)13-14-37-27)41(19-42)31-24(17-25(34)28(38-31)23-11-9-10-12-26(23)35)30(36-8)39-15-16-40(22(4)18-39)32(43)44-33(5,6)7/h9-14,17,19-20,22,28,38H,15-16,18H2,1-8H3/b36-30+/t22-,28?/m0/s1. The number of pyridine rings is 1. The molecule has 11 heteroatoms. The normalized spacial score (nSPS) is 19.5. The number of dihydropyridines is 1. The number of aryl methyl sites for hydroxylation is 1. The summed E-state index contributed by atoms with van der Waals surface area (Å²) in [6.07, 6.45) is 3.84. The first-order valence-electron chi connectivity index (χ1n) is 14.8. The molecule has 1 aromatic carbocycles. The number of nitrogens with one attached hydrogen (secondary N) is 1. The molecule has 2 aliphatic rings. The van der Waals surface area contributed by atoms with Crippen molar-refractivity contribution in [2.45, 2.75) is 72.1 Å². The lowest BCUT2D eigenvalue weighted by Gasteiger charge is -2.42. The number of carbonyl (C=O) groups excluding carboxylic acids is 2. The number of hydrogen-bond acceptors (Lipinski definition) is 6. The molecule has 2 aromatic rings. The third-order valence-corrected chi connectivity index (χ3v) is 7.93. The molecular weight excluding hydrogens is 583 g/mol. The smallest absolute Gasteiger partial charge is 0.410 e. The van der Waals surface area contributed by atoms with Gasteiger partial charge in [-0.2, -0.15) is 0 Å². The van der Waals surface area contributed by atoms with Gasteiger partial charge in [0.1, 0.15) is 23.1 Å². The van der Waals surface area contributed by atoms with Gasteiger partial charge in [-0.25, -0.2) is 9.18 Å². The van der Waals surface area contributed by atoms with Crippen LogP contribution < -0.4 is 10.2 Å². The molecule has 3 heterocycles. The van der Waals surface area contributed by atoms with Crippen LogP contribution in [0.15, 0.2) is 64.0 Å². The molecule has 1 N–H and O–H groups in total. The van der Waals surface area contributed by atoms with Gasteiger partial charge >= 0.3 is 6.09 Å². The number of piperazine rings is 1. The first-order valence-corrected chi connectivity index (χ1v) is 15.2. The van der Waals surface area contributed by atoms with E-state index in [0.717, 1.165) is 17.7 Å². The summed E-state index contributed by atoms with van der Waals surface area (Å²) >= 11 is 6.89. The van der Waals surface area contributed by atoms with Crippen molar-refractivity contribution in [1.82, 2.24) is 20.1 Å². The molecule has 2 aliphatic heterocycles. The molecule has 1 unspecified atom stereocenters. The summed E-state index contributed by atoms with van der Waals surface area (Å²) < 4.78 is 20.7. The SMILES string of the molecule is C/N=C(\C1=C(N(C=O)c2c(C)ccnc2C(C)C)NC(c2ccccc2F)C(Cl)=C1)N1CCN(C(=O)OC(C)(C)C)[C@@H](C)C1. The number of rotatable bonds is 6. The summed E-state index contributed by atoms with van der Waals surface area (Å²) in [4.78, 5) is 40.5. The van der Waals surface area contributed by atoms with Gasteiger partial charge in [0, 0.05) is 49.5 Å². The lowest BCUT2D eigenvalue weighted by molar-refractivity contribution is -0.107. The highest BCUT2D eigenvalue weighted by molar-refractivity contribution is 6.31. The Morgan fingerprint density at radius 1 is 1.25 bits per heavy atom. The molecule has 0 aliphatic carbocycles. The molecule has 1 fully saturated rings. The molecule has 2 atom stereocenters. The Balaban J connectivity index is 1.81. The summed E-state index contributed by atoms with van der Waals surface area (Å²) in [5.41, 5.74) is 2.52. The zero-order chi connectivity index (χ0) is 32.3. The fraction of sp³-hybridized carbons (Fsp3) is 0.455. The zero-order valence-electron chi connectivity index (χ0n) is 26.7. The highest BCUT2D eigenvalue weighted by atomic mass is 35.5. The summed E-state index contributed by atoms with van der Waals surface area (Å²) in [7, 11) is 1.68. The van der Waals surface area contributed by atoms with E-state index in [-0.39, 0.29) is 18.1 Å². The highest BCUT2D eigenvalue weighted by Crippen LogP contribution is 2.38. The number of amidine groups is 1. The van der Waals surface area contributed by atoms with Crippen LogP contribution in [0.3, 0.4) is 0 Å². The fourth-order valence-electron chi connectivity index (χ4n) is 5.58. The van der Waals surface area contributed by atoms with Crippen LogP contribution in [0.5, 0.6) is 0 Å². The molecule has 0 spiro atoms. The number of halogens is 2. The third-order valence-electron chi connectivity index (χ3n) is 7.61. The Morgan fingerprint density at radius 3 is 2.55 bits per heavy atom. The molecular formula is C33H42ClFN6O3. The maximum absolute atomic E-state index is 15.1. The van der Waals surface area contributed by atoms with E-state index in [2.05, 4.69) is 20.2 Å². The predicted octanol–water partition coefficient (Wildman–Crippen LogP) is 6.26. The predicted molar refractivity (Wildman–Crippen MR) is 172 cm³/mol. The van der Waals surface area contributed by atoms with Crippen molar-refractivity contribution in [1.29, 1.82) is 0 Å². The minimum absolute atomic E-state index is 0.0163. The quantitative estimate of drug-likeness (QED) is 0.232. The Labute approximate surface area is 264 Å². The highest BCUT2D eigenvalue weighted by Gasteiger charge is 2.36. The van der Waals surface area contributed by atoms with Gasteiger partial charge in [0.05, 0.1) is 23.0 Å². The van der Waals surface area contributed by atoms with Crippen molar-refractivity contribution in [2.75, 3.05) is 31.6 Å². The zero-order valence-corrected chi connectivity index (χ0v) is 27.4. The number of amides is 2. The molecule has 0 saturated carbocycles. The van der Waals surface area contributed by atoms with Crippen LogP contribution in [0.1, 0.15) is 70.3 Å². The van der Waals surface area contributed by atoms with Crippen molar-refractivity contribution in [2.24, 2.45) is 4.99 Å². The number of benzene rings is 1. The molecule has 44 heavy (non-hydrogen) atoms. The second-order valence-corrected chi connectivity index (χ2v) is 12.8. The Morgan fingerprint density at radius 2 is 1.95 bits per heavy atom. The lowest BCUT2D eigenvalue weighted by atomic mass is 9.98. The summed E-state index contributed by atoms with van der Waals surface area (Å²) in [6.45, 7) is 14.8. The number of aromatic nitrogens is 1. The maximum atomic E-state index is 15.1. The minimum Gasteiger partial charge on any atom is -0.444 e. The fourth-order valence-corrected chi connectivity index (χ4v) is 5.86. The number of hydrogen-bond donors (Lipinski definition) is 1. The molecule has 1 aromatic heterocycles. The summed E-state index contributed by atoms with van der Waals surface area (Å²) in [5.74, 6) is 0.572. The number of aliphatic imine (C=N–C) groups is 1. The number of carbonyl (C=O) groups is 2. The van der Waals surface area contributed by atoms with Gasteiger partial charge in [-0.15, -0.1) is 0 Å². The van der Waals surface area contributed by atoms with E-state index >= 15 is 4.39 Å². The van der Waals surface area contributed by atoms with Crippen molar-refractivity contribution >= 4 is 35.6 Å². The second-order valence-electron chi connectivity index (χ2n) is 12.4. The van der Waals surface area contributed by atoms with Crippen LogP contribution in [-0.2, 0) is 9.53 Å². The molecule has 4 rings (SSSR count). The maximum Gasteiger partial charge on any atom is 0.410 e. The summed E-state index contributed by atoms with van der Waals surface area (Å²) in [5, 5.41) is 3.73. The van der Waals surface area contributed by atoms with E-state index in [4.69, 9.17) is 16.3 Å². The van der Waals surface area contributed by atoms with Gasteiger partial charge in [-0.1, -0.05) is 43.6 Å². The van der Waals surface area contributed by atoms with Crippen LogP contribution in [0.2, 0.25) is 0 Å². The molecule has 0 radical (unpaired) electrons. The monoisotopic (exact) mass is 624 g/mol.